The fourth-order valence-electron chi connectivity index (χ4n) is 3.18. The number of halogens is 4. The standard InChI is InChI=1S/C22H16F4N4O2/c23-15-8-10-16(11-9-15)30-20(22(24,25)26)19(28-29-30)21(31)27-12-13-32-18-7-3-5-14-4-1-2-6-17(14)18/h1-11H,12-13H2,(H,27,31). The van der Waals surface area contributed by atoms with Gasteiger partial charge >= 0.3 is 6.18 Å². The number of nitrogens with one attached hydrogen (secondary N) is 1. The Labute approximate surface area is 179 Å². The summed E-state index contributed by atoms with van der Waals surface area (Å²) in [6.45, 7) is -0.0179. The molecule has 1 heterocycles. The number of ether oxygens (including phenoxy) is 1. The number of nitrogens with zero attached hydrogens (tertiary/aromatic N) is 3. The van der Waals surface area contributed by atoms with E-state index in [4.69, 9.17) is 4.74 Å². The first-order chi connectivity index (χ1) is 15.3. The molecule has 164 valence electrons. The Bertz CT molecular complexity index is 1250. The van der Waals surface area contributed by atoms with Gasteiger partial charge in [0.15, 0.2) is 11.4 Å². The summed E-state index contributed by atoms with van der Waals surface area (Å²) in [5.41, 5.74) is -2.31. The highest BCUT2D eigenvalue weighted by molar-refractivity contribution is 5.93. The lowest BCUT2D eigenvalue weighted by Gasteiger charge is -2.12. The van der Waals surface area contributed by atoms with Gasteiger partial charge in [0.1, 0.15) is 18.2 Å². The molecule has 3 aromatic carbocycles. The average Bonchev–Trinajstić information content (AvgIpc) is 3.23. The van der Waals surface area contributed by atoms with Crippen LogP contribution in [-0.2, 0) is 6.18 Å². The molecule has 1 N–H and O–H groups in total. The van der Waals surface area contributed by atoms with Gasteiger partial charge in [0.25, 0.3) is 5.91 Å². The van der Waals surface area contributed by atoms with Crippen LogP contribution in [0.2, 0.25) is 0 Å². The van der Waals surface area contributed by atoms with Gasteiger partial charge in [-0.15, -0.1) is 5.10 Å². The molecule has 32 heavy (non-hydrogen) atoms. The van der Waals surface area contributed by atoms with Crippen molar-refractivity contribution in [3.8, 4) is 11.4 Å². The quantitative estimate of drug-likeness (QED) is 0.354. The minimum Gasteiger partial charge on any atom is -0.491 e. The molecule has 0 atom stereocenters. The van der Waals surface area contributed by atoms with Crippen LogP contribution in [0.5, 0.6) is 5.75 Å². The summed E-state index contributed by atoms with van der Waals surface area (Å²) < 4.78 is 60.2. The molecule has 0 aliphatic heterocycles. The van der Waals surface area contributed by atoms with Gasteiger partial charge in [0.05, 0.1) is 12.2 Å². The normalized spacial score (nSPS) is 11.5. The maximum atomic E-state index is 13.6. The fourth-order valence-corrected chi connectivity index (χ4v) is 3.18. The highest BCUT2D eigenvalue weighted by atomic mass is 19.4. The Morgan fingerprint density at radius 3 is 2.47 bits per heavy atom. The summed E-state index contributed by atoms with van der Waals surface area (Å²) >= 11 is 0. The Balaban J connectivity index is 1.47. The van der Waals surface area contributed by atoms with Gasteiger partial charge in [-0.1, -0.05) is 41.6 Å². The van der Waals surface area contributed by atoms with Crippen molar-refractivity contribution in [2.45, 2.75) is 6.18 Å². The summed E-state index contributed by atoms with van der Waals surface area (Å²) in [5.74, 6) is -1.07. The van der Waals surface area contributed by atoms with E-state index < -0.39 is 29.3 Å². The van der Waals surface area contributed by atoms with Crippen molar-refractivity contribution in [3.05, 3.63) is 83.9 Å². The smallest absolute Gasteiger partial charge is 0.435 e. The number of alkyl halides is 3. The third kappa shape index (κ3) is 4.39. The van der Waals surface area contributed by atoms with Crippen LogP contribution in [0.3, 0.4) is 0 Å². The number of benzene rings is 3. The second-order valence-corrected chi connectivity index (χ2v) is 6.75. The zero-order valence-electron chi connectivity index (χ0n) is 16.4. The molecule has 0 spiro atoms. The predicted octanol–water partition coefficient (Wildman–Crippen LogP) is 4.39. The Morgan fingerprint density at radius 2 is 1.72 bits per heavy atom. The van der Waals surface area contributed by atoms with Crippen LogP contribution in [0.4, 0.5) is 17.6 Å². The zero-order chi connectivity index (χ0) is 22.7. The first-order valence-corrected chi connectivity index (χ1v) is 9.52. The molecule has 0 unspecified atom stereocenters. The van der Waals surface area contributed by atoms with Crippen molar-refractivity contribution in [3.63, 3.8) is 0 Å². The van der Waals surface area contributed by atoms with Crippen molar-refractivity contribution < 1.29 is 27.1 Å². The number of amides is 1. The van der Waals surface area contributed by atoms with Gasteiger partial charge < -0.3 is 10.1 Å². The number of carbonyl (C=O) groups is 1. The second-order valence-electron chi connectivity index (χ2n) is 6.75. The summed E-state index contributed by atoms with van der Waals surface area (Å²) in [6, 6.07) is 17.3. The number of carbonyl (C=O) groups excluding carboxylic acids is 1. The van der Waals surface area contributed by atoms with E-state index in [0.717, 1.165) is 35.0 Å². The molecular weight excluding hydrogens is 428 g/mol. The monoisotopic (exact) mass is 444 g/mol. The molecule has 0 aliphatic carbocycles. The van der Waals surface area contributed by atoms with Gasteiger partial charge in [-0.2, -0.15) is 13.2 Å². The second kappa shape index (κ2) is 8.66. The average molecular weight is 444 g/mol. The maximum absolute atomic E-state index is 13.6. The van der Waals surface area contributed by atoms with Crippen LogP contribution >= 0.6 is 0 Å². The molecule has 1 aromatic heterocycles. The Morgan fingerprint density at radius 1 is 1.00 bits per heavy atom. The molecule has 1 amide bonds. The van der Waals surface area contributed by atoms with E-state index in [9.17, 15) is 22.4 Å². The Kier molecular flexibility index (Phi) is 5.76. The summed E-state index contributed by atoms with van der Waals surface area (Å²) in [5, 5.41) is 11.1. The first-order valence-electron chi connectivity index (χ1n) is 9.52. The molecule has 0 aliphatic rings. The molecule has 10 heteroatoms. The van der Waals surface area contributed by atoms with Crippen molar-refractivity contribution in [1.82, 2.24) is 20.3 Å². The highest BCUT2D eigenvalue weighted by Gasteiger charge is 2.42. The van der Waals surface area contributed by atoms with Crippen molar-refractivity contribution >= 4 is 16.7 Å². The summed E-state index contributed by atoms with van der Waals surface area (Å²) in [6.07, 6.45) is -4.91. The molecule has 0 fully saturated rings. The van der Waals surface area contributed by atoms with E-state index in [1.54, 1.807) is 6.07 Å². The number of hydrogen-bond acceptors (Lipinski definition) is 4. The van der Waals surface area contributed by atoms with E-state index in [1.807, 2.05) is 36.4 Å². The minimum absolute atomic E-state index is 0.0349. The zero-order valence-corrected chi connectivity index (χ0v) is 16.4. The Hall–Kier alpha value is -3.95. The van der Waals surface area contributed by atoms with Crippen molar-refractivity contribution in [2.75, 3.05) is 13.2 Å². The maximum Gasteiger partial charge on any atom is 0.435 e. The number of aromatic nitrogens is 3. The van der Waals surface area contributed by atoms with Gasteiger partial charge in [-0.3, -0.25) is 4.79 Å². The largest absolute Gasteiger partial charge is 0.491 e. The van der Waals surface area contributed by atoms with E-state index in [2.05, 4.69) is 15.6 Å². The van der Waals surface area contributed by atoms with Gasteiger partial charge in [0.2, 0.25) is 0 Å². The SMILES string of the molecule is O=C(NCCOc1cccc2ccccc12)c1nnn(-c2ccc(F)cc2)c1C(F)(F)F. The third-order valence-electron chi connectivity index (χ3n) is 4.62. The highest BCUT2D eigenvalue weighted by Crippen LogP contribution is 2.32. The van der Waals surface area contributed by atoms with Crippen LogP contribution in [0.1, 0.15) is 16.2 Å². The molecule has 0 saturated carbocycles. The molecular formula is C22H16F4N4O2. The van der Waals surface area contributed by atoms with Crippen LogP contribution in [0.25, 0.3) is 16.5 Å². The van der Waals surface area contributed by atoms with E-state index in [0.29, 0.717) is 10.4 Å². The van der Waals surface area contributed by atoms with Gasteiger partial charge in [-0.05, 0) is 35.7 Å². The summed E-state index contributed by atoms with van der Waals surface area (Å²) in [4.78, 5) is 12.4. The first kappa shape index (κ1) is 21.3. The lowest BCUT2D eigenvalue weighted by atomic mass is 10.1. The molecule has 6 nitrogen and oxygen atoms in total. The molecule has 4 rings (SSSR count). The van der Waals surface area contributed by atoms with E-state index >= 15 is 0 Å². The fraction of sp³-hybridized carbons (Fsp3) is 0.136. The van der Waals surface area contributed by atoms with Gasteiger partial charge in [-0.25, -0.2) is 9.07 Å². The number of hydrogen-bond donors (Lipinski definition) is 1. The van der Waals surface area contributed by atoms with Gasteiger partial charge in [0, 0.05) is 5.39 Å². The third-order valence-corrected chi connectivity index (χ3v) is 4.62. The number of fused-ring (bicyclic) bond motifs is 1. The van der Waals surface area contributed by atoms with Crippen molar-refractivity contribution in [2.24, 2.45) is 0 Å². The molecule has 4 aromatic rings. The molecule has 0 bridgehead atoms. The lowest BCUT2D eigenvalue weighted by molar-refractivity contribution is -0.143. The topological polar surface area (TPSA) is 69.0 Å². The summed E-state index contributed by atoms with van der Waals surface area (Å²) in [7, 11) is 0. The number of rotatable bonds is 6. The van der Waals surface area contributed by atoms with Crippen LogP contribution in [-0.4, -0.2) is 34.1 Å². The lowest BCUT2D eigenvalue weighted by Crippen LogP contribution is -2.30. The van der Waals surface area contributed by atoms with E-state index in [1.165, 1.54) is 0 Å². The predicted molar refractivity (Wildman–Crippen MR) is 108 cm³/mol. The molecule has 0 radical (unpaired) electrons. The minimum atomic E-state index is -4.91. The van der Waals surface area contributed by atoms with E-state index in [-0.39, 0.29) is 18.8 Å². The van der Waals surface area contributed by atoms with Crippen molar-refractivity contribution in [1.29, 1.82) is 0 Å². The van der Waals surface area contributed by atoms with Crippen LogP contribution in [0.15, 0.2) is 66.7 Å². The molecule has 0 saturated heterocycles. The van der Waals surface area contributed by atoms with Crippen LogP contribution in [0, 0.1) is 5.82 Å². The van der Waals surface area contributed by atoms with Crippen LogP contribution < -0.4 is 10.1 Å².